The van der Waals surface area contributed by atoms with Crippen molar-refractivity contribution in [3.8, 4) is 0 Å². The van der Waals surface area contributed by atoms with E-state index in [1.807, 2.05) is 39.0 Å². The van der Waals surface area contributed by atoms with E-state index in [1.54, 1.807) is 36.4 Å². The molecule has 5 atom stereocenters. The summed E-state index contributed by atoms with van der Waals surface area (Å²) >= 11 is 0. The summed E-state index contributed by atoms with van der Waals surface area (Å²) in [6.07, 6.45) is -1.25. The minimum Gasteiger partial charge on any atom is -0.393 e. The molecule has 170 valence electrons. The van der Waals surface area contributed by atoms with Crippen LogP contribution in [0, 0.1) is 12.8 Å². The Hall–Kier alpha value is -1.77. The summed E-state index contributed by atoms with van der Waals surface area (Å²) in [5, 5.41) is 22.2. The zero-order chi connectivity index (χ0) is 22.6. The number of benzene rings is 2. The predicted octanol–water partition coefficient (Wildman–Crippen LogP) is 3.63. The molecule has 0 saturated carbocycles. The second-order valence-electron chi connectivity index (χ2n) is 8.22. The van der Waals surface area contributed by atoms with E-state index in [2.05, 4.69) is 0 Å². The van der Waals surface area contributed by atoms with Crippen molar-refractivity contribution in [3.63, 3.8) is 0 Å². The van der Waals surface area contributed by atoms with Crippen LogP contribution in [0.15, 0.2) is 59.5 Å². The van der Waals surface area contributed by atoms with E-state index in [1.165, 1.54) is 4.31 Å². The van der Waals surface area contributed by atoms with Crippen molar-refractivity contribution in [1.82, 2.24) is 4.31 Å². The molecule has 0 amide bonds. The molecular weight excluding hydrogens is 414 g/mol. The van der Waals surface area contributed by atoms with Crippen LogP contribution in [0.4, 0.5) is 0 Å². The van der Waals surface area contributed by atoms with Crippen molar-refractivity contribution >= 4 is 10.0 Å². The lowest BCUT2D eigenvalue weighted by atomic mass is 9.87. The Balaban J connectivity index is 2.04. The van der Waals surface area contributed by atoms with Crippen molar-refractivity contribution in [2.45, 2.75) is 69.4 Å². The first-order chi connectivity index (χ1) is 14.8. The number of hydrogen-bond donors (Lipinski definition) is 2. The van der Waals surface area contributed by atoms with Gasteiger partial charge in [-0.3, -0.25) is 0 Å². The molecule has 0 unspecified atom stereocenters. The fourth-order valence-electron chi connectivity index (χ4n) is 4.22. The first-order valence-electron chi connectivity index (χ1n) is 10.9. The van der Waals surface area contributed by atoms with E-state index in [9.17, 15) is 18.6 Å². The molecule has 6 nitrogen and oxygen atoms in total. The number of nitrogens with zero attached hydrogens (tertiary/aromatic N) is 1. The van der Waals surface area contributed by atoms with Crippen LogP contribution >= 0.6 is 0 Å². The summed E-state index contributed by atoms with van der Waals surface area (Å²) in [7, 11) is -3.89. The molecule has 1 aliphatic rings. The van der Waals surface area contributed by atoms with Crippen molar-refractivity contribution in [1.29, 1.82) is 0 Å². The first-order valence-corrected chi connectivity index (χ1v) is 12.4. The van der Waals surface area contributed by atoms with Crippen LogP contribution in [-0.2, 0) is 14.8 Å². The first kappa shape index (κ1) is 23.9. The third kappa shape index (κ3) is 5.02. The van der Waals surface area contributed by atoms with Gasteiger partial charge in [-0.1, -0.05) is 68.3 Å². The lowest BCUT2D eigenvalue weighted by Gasteiger charge is -2.37. The van der Waals surface area contributed by atoms with E-state index in [0.29, 0.717) is 24.8 Å². The maximum absolute atomic E-state index is 13.7. The van der Waals surface area contributed by atoms with Crippen LogP contribution in [0.5, 0.6) is 0 Å². The molecule has 0 radical (unpaired) electrons. The van der Waals surface area contributed by atoms with Gasteiger partial charge in [0.1, 0.15) is 6.23 Å². The maximum atomic E-state index is 13.7. The van der Waals surface area contributed by atoms with Gasteiger partial charge in [0.2, 0.25) is 10.0 Å². The third-order valence-electron chi connectivity index (χ3n) is 6.00. The van der Waals surface area contributed by atoms with E-state index in [0.717, 1.165) is 5.56 Å². The second kappa shape index (κ2) is 10.2. The molecule has 31 heavy (non-hydrogen) atoms. The molecular formula is C24H33NO5S. The molecule has 0 spiro atoms. The summed E-state index contributed by atoms with van der Waals surface area (Å²) < 4.78 is 34.7. The zero-order valence-electron chi connectivity index (χ0n) is 18.4. The molecule has 0 bridgehead atoms. The highest BCUT2D eigenvalue weighted by molar-refractivity contribution is 7.89. The Kier molecular flexibility index (Phi) is 7.88. The van der Waals surface area contributed by atoms with Gasteiger partial charge in [-0.15, -0.1) is 0 Å². The van der Waals surface area contributed by atoms with E-state index in [-0.39, 0.29) is 17.5 Å². The lowest BCUT2D eigenvalue weighted by molar-refractivity contribution is -0.0945. The fraction of sp³-hybridized carbons (Fsp3) is 0.500. The van der Waals surface area contributed by atoms with E-state index >= 15 is 0 Å². The van der Waals surface area contributed by atoms with Gasteiger partial charge >= 0.3 is 0 Å². The summed E-state index contributed by atoms with van der Waals surface area (Å²) in [6, 6.07) is 15.4. The van der Waals surface area contributed by atoms with Crippen molar-refractivity contribution in [2.75, 3.05) is 6.61 Å². The number of aryl methyl sites for hydroxylation is 1. The van der Waals surface area contributed by atoms with Crippen molar-refractivity contribution in [2.24, 2.45) is 5.92 Å². The highest BCUT2D eigenvalue weighted by atomic mass is 32.2. The molecule has 7 heteroatoms. The van der Waals surface area contributed by atoms with E-state index in [4.69, 9.17) is 4.74 Å². The summed E-state index contributed by atoms with van der Waals surface area (Å²) in [5.74, 6) is -0.820. The Morgan fingerprint density at radius 1 is 1.06 bits per heavy atom. The van der Waals surface area contributed by atoms with E-state index < -0.39 is 34.4 Å². The smallest absolute Gasteiger partial charge is 0.245 e. The maximum Gasteiger partial charge on any atom is 0.245 e. The SMILES string of the molecule is CCC[C@H](O)[C@H]([C@H]1OC[C@@H](CC)N1S(=O)(=O)c1ccc(C)cc1)[C@@H](O)c1ccccc1. The fourth-order valence-corrected chi connectivity index (χ4v) is 6.03. The average Bonchev–Trinajstić information content (AvgIpc) is 3.19. The number of aliphatic hydroxyl groups is 2. The highest BCUT2D eigenvalue weighted by Gasteiger charge is 2.50. The number of ether oxygens (including phenoxy) is 1. The molecule has 2 N–H and O–H groups in total. The Labute approximate surface area is 185 Å². The van der Waals surface area contributed by atoms with Crippen LogP contribution < -0.4 is 0 Å². The number of rotatable bonds is 9. The minimum absolute atomic E-state index is 0.185. The molecule has 2 aromatic carbocycles. The predicted molar refractivity (Wildman–Crippen MR) is 120 cm³/mol. The van der Waals surface area contributed by atoms with Crippen LogP contribution in [0.3, 0.4) is 0 Å². The molecule has 1 saturated heterocycles. The molecule has 1 fully saturated rings. The molecule has 3 rings (SSSR count). The van der Waals surface area contributed by atoms with Gasteiger partial charge in [0.25, 0.3) is 0 Å². The highest BCUT2D eigenvalue weighted by Crippen LogP contribution is 2.39. The van der Waals surface area contributed by atoms with Gasteiger partial charge in [0.05, 0.1) is 35.7 Å². The van der Waals surface area contributed by atoms with Crippen LogP contribution in [-0.4, -0.2) is 47.9 Å². The van der Waals surface area contributed by atoms with Crippen molar-refractivity contribution < 1.29 is 23.4 Å². The summed E-state index contributed by atoms with van der Waals surface area (Å²) in [5.41, 5.74) is 1.59. The standard InChI is InChI=1S/C24H33NO5S/c1-4-9-21(26)22(23(27)18-10-7-6-8-11-18)24-25(19(5-2)16-30-24)31(28,29)20-14-12-17(3)13-15-20/h6-8,10-15,19,21-24,26-27H,4-5,9,16H2,1-3H3/t19-,21+,22+,23+,24-/m1/s1. The Morgan fingerprint density at radius 2 is 1.71 bits per heavy atom. The van der Waals surface area contributed by atoms with Crippen molar-refractivity contribution in [3.05, 3.63) is 65.7 Å². The largest absolute Gasteiger partial charge is 0.393 e. The second-order valence-corrected chi connectivity index (χ2v) is 10.1. The molecule has 1 heterocycles. The van der Waals surface area contributed by atoms with Crippen LogP contribution in [0.2, 0.25) is 0 Å². The quantitative estimate of drug-likeness (QED) is 0.613. The van der Waals surface area contributed by atoms with Gasteiger partial charge in [0.15, 0.2) is 0 Å². The minimum atomic E-state index is -3.89. The molecule has 0 aromatic heterocycles. The van der Waals surface area contributed by atoms with Crippen LogP contribution in [0.1, 0.15) is 50.3 Å². The van der Waals surface area contributed by atoms with Crippen LogP contribution in [0.25, 0.3) is 0 Å². The third-order valence-corrected chi connectivity index (χ3v) is 7.93. The van der Waals surface area contributed by atoms with Gasteiger partial charge in [-0.25, -0.2) is 8.42 Å². The number of hydrogen-bond acceptors (Lipinski definition) is 5. The monoisotopic (exact) mass is 447 g/mol. The van der Waals surface area contributed by atoms with Gasteiger partial charge in [0, 0.05) is 0 Å². The Morgan fingerprint density at radius 3 is 2.29 bits per heavy atom. The zero-order valence-corrected chi connectivity index (χ0v) is 19.2. The van der Waals surface area contributed by atoms with Gasteiger partial charge < -0.3 is 14.9 Å². The Bertz CT molecular complexity index is 932. The average molecular weight is 448 g/mol. The number of aliphatic hydroxyl groups excluding tert-OH is 2. The normalized spacial score (nSPS) is 22.9. The molecule has 2 aromatic rings. The lowest BCUT2D eigenvalue weighted by Crippen LogP contribution is -2.49. The summed E-state index contributed by atoms with van der Waals surface area (Å²) in [4.78, 5) is 0.185. The topological polar surface area (TPSA) is 87.1 Å². The molecule has 0 aliphatic carbocycles. The van der Waals surface area contributed by atoms with Gasteiger partial charge in [-0.2, -0.15) is 4.31 Å². The summed E-state index contributed by atoms with van der Waals surface area (Å²) in [6.45, 7) is 5.99. The number of sulfonamides is 1. The van der Waals surface area contributed by atoms with Gasteiger partial charge in [-0.05, 0) is 37.5 Å². The molecule has 1 aliphatic heterocycles.